The Morgan fingerprint density at radius 3 is 2.30 bits per heavy atom. The number of ether oxygens (including phenoxy) is 4. The van der Waals surface area contributed by atoms with Gasteiger partial charge in [0, 0.05) is 54.1 Å². The normalized spacial score (nSPS) is 30.8. The van der Waals surface area contributed by atoms with E-state index in [-0.39, 0.29) is 81.5 Å². The zero-order valence-electron chi connectivity index (χ0n) is 43.5. The Bertz CT molecular complexity index is 2520. The second-order valence-electron chi connectivity index (χ2n) is 21.5. The topological polar surface area (TPSA) is 288 Å². The van der Waals surface area contributed by atoms with Gasteiger partial charge in [0.2, 0.25) is 23.5 Å². The number of allylic oxidation sites excluding steroid dienone is 4. The number of imide groups is 1. The van der Waals surface area contributed by atoms with Crippen molar-refractivity contribution in [3.05, 3.63) is 65.8 Å². The molecule has 0 bridgehead atoms. The van der Waals surface area contributed by atoms with Crippen LogP contribution in [0.25, 0.3) is 0 Å². The molecular formula is C54H70F2N6O14. The van der Waals surface area contributed by atoms with Crippen molar-refractivity contribution in [3.63, 3.8) is 0 Å². The number of primary amides is 1. The van der Waals surface area contributed by atoms with Gasteiger partial charge in [-0.3, -0.25) is 38.5 Å². The summed E-state index contributed by atoms with van der Waals surface area (Å²) in [6, 6.07) is 3.27. The Morgan fingerprint density at radius 1 is 0.921 bits per heavy atom. The van der Waals surface area contributed by atoms with Gasteiger partial charge in [-0.05, 0) is 106 Å². The maximum absolute atomic E-state index is 17.9. The molecule has 3 saturated carbocycles. The van der Waals surface area contributed by atoms with E-state index < -0.39 is 119 Å². The summed E-state index contributed by atoms with van der Waals surface area (Å²) >= 11 is 0. The Morgan fingerprint density at radius 2 is 1.63 bits per heavy atom. The van der Waals surface area contributed by atoms with E-state index in [1.54, 1.807) is 32.9 Å². The molecule has 1 unspecified atom stereocenters. The summed E-state index contributed by atoms with van der Waals surface area (Å²) in [5, 5.41) is 22.5. The first-order valence-corrected chi connectivity index (χ1v) is 26.2. The van der Waals surface area contributed by atoms with Gasteiger partial charge in [0.25, 0.3) is 11.8 Å². The van der Waals surface area contributed by atoms with Gasteiger partial charge >= 0.3 is 12.2 Å². The van der Waals surface area contributed by atoms with Crippen molar-refractivity contribution in [2.45, 2.75) is 160 Å². The smallest absolute Gasteiger partial charge is 0.429 e. The van der Waals surface area contributed by atoms with Gasteiger partial charge in [0.05, 0.1) is 12.2 Å². The van der Waals surface area contributed by atoms with E-state index >= 15 is 8.78 Å². The lowest BCUT2D eigenvalue weighted by atomic mass is 9.44. The number of nitrogens with two attached hydrogens (primary N) is 1. The number of hydrogen-bond donors (Lipinski definition) is 6. The number of carbonyl (C=O) groups is 9. The van der Waals surface area contributed by atoms with Crippen LogP contribution in [0.2, 0.25) is 0 Å². The summed E-state index contributed by atoms with van der Waals surface area (Å²) in [6.07, 6.45) is 2.18. The highest BCUT2D eigenvalue weighted by molar-refractivity contribution is 6.12. The number of aliphatic hydroxyl groups is 1. The molecule has 0 spiro atoms. The third kappa shape index (κ3) is 11.3. The highest BCUT2D eigenvalue weighted by atomic mass is 19.1. The number of aliphatic hydroxyl groups excluding tert-OH is 1. The van der Waals surface area contributed by atoms with Gasteiger partial charge in [0.1, 0.15) is 24.9 Å². The van der Waals surface area contributed by atoms with Crippen LogP contribution < -0.4 is 27.0 Å². The molecule has 0 radical (unpaired) electrons. The van der Waals surface area contributed by atoms with Crippen LogP contribution in [0.1, 0.15) is 111 Å². The van der Waals surface area contributed by atoms with Gasteiger partial charge in [-0.15, -0.1) is 0 Å². The van der Waals surface area contributed by atoms with Crippen molar-refractivity contribution in [2.75, 3.05) is 25.0 Å². The number of nitrogens with zero attached hydrogens (tertiary/aromatic N) is 1. The number of rotatable bonds is 23. The lowest BCUT2D eigenvalue weighted by Crippen LogP contribution is -2.71. The van der Waals surface area contributed by atoms with Gasteiger partial charge in [0.15, 0.2) is 29.9 Å². The van der Waals surface area contributed by atoms with Crippen LogP contribution in [-0.2, 0) is 59.1 Å². The highest BCUT2D eigenvalue weighted by Gasteiger charge is 2.80. The predicted molar refractivity (Wildman–Crippen MR) is 267 cm³/mol. The zero-order valence-corrected chi connectivity index (χ0v) is 43.5. The average molecular weight is 1070 g/mol. The molecule has 7 rings (SSSR count). The molecule has 7 N–H and O–H groups in total. The number of carbonyl (C=O) groups excluding carboxylic acids is 9. The first kappa shape index (κ1) is 57.3. The molecule has 1 aromatic rings. The number of benzene rings is 1. The molecule has 20 nitrogen and oxygen atoms in total. The summed E-state index contributed by atoms with van der Waals surface area (Å²) in [5.74, 6) is -5.71. The molecule has 4 aliphatic carbocycles. The van der Waals surface area contributed by atoms with Crippen LogP contribution in [0.15, 0.2) is 60.2 Å². The number of unbranched alkanes of at least 4 members (excludes halogenated alkanes) is 2. The van der Waals surface area contributed by atoms with Crippen LogP contribution in [0.5, 0.6) is 0 Å². The van der Waals surface area contributed by atoms with E-state index in [0.717, 1.165) is 11.0 Å². The molecule has 7 amide bonds. The molecule has 0 aromatic heterocycles. The number of alkyl halides is 2. The molecule has 76 heavy (non-hydrogen) atoms. The van der Waals surface area contributed by atoms with Gasteiger partial charge < -0.3 is 51.1 Å². The second kappa shape index (κ2) is 23.5. The largest absolute Gasteiger partial charge is 0.509 e. The maximum atomic E-state index is 17.9. The quantitative estimate of drug-likeness (QED) is 0.0496. The lowest BCUT2D eigenvalue weighted by Gasteiger charge is -2.63. The number of urea groups is 1. The van der Waals surface area contributed by atoms with Crippen LogP contribution >= 0.6 is 0 Å². The SMILES string of the molecule is CCCC1O[C@@H]2C[C@H]3[C@@H]4C[C@H](F)C5=CC(=O)C=C[C@]5(C)[C@@]4(F)[C@@H](O)C[C@]3(C)[C@]2(C(=O)COC(=O)OCc2ccc(NC(=O)[C@H](CCCNC(N)=O)NC(=O)[C@@H](NC(=O)CCCCCN3C(=O)C=CC3=O)C(C)C)cc2)O1. The number of halogens is 2. The summed E-state index contributed by atoms with van der Waals surface area (Å²) < 4.78 is 57.5. The van der Waals surface area contributed by atoms with Gasteiger partial charge in [-0.2, -0.15) is 0 Å². The maximum Gasteiger partial charge on any atom is 0.509 e. The first-order chi connectivity index (χ1) is 36.0. The van der Waals surface area contributed by atoms with Crippen molar-refractivity contribution in [3.8, 4) is 0 Å². The number of hydrogen-bond acceptors (Lipinski definition) is 14. The molecule has 1 aromatic carbocycles. The molecule has 1 saturated heterocycles. The monoisotopic (exact) mass is 1060 g/mol. The fourth-order valence-corrected chi connectivity index (χ4v) is 12.4. The van der Waals surface area contributed by atoms with Gasteiger partial charge in [-0.25, -0.2) is 18.4 Å². The van der Waals surface area contributed by atoms with Crippen molar-refractivity contribution in [2.24, 2.45) is 34.3 Å². The molecule has 2 heterocycles. The molecule has 22 heteroatoms. The van der Waals surface area contributed by atoms with Crippen LogP contribution in [0, 0.1) is 28.6 Å². The fourth-order valence-electron chi connectivity index (χ4n) is 12.4. The Kier molecular flexibility index (Phi) is 17.7. The molecule has 2 aliphatic heterocycles. The number of anilines is 1. The third-order valence-corrected chi connectivity index (χ3v) is 16.3. The number of nitrogens with one attached hydrogen (secondary N) is 4. The minimum absolute atomic E-state index is 0.0257. The van der Waals surface area contributed by atoms with Crippen LogP contribution in [0.3, 0.4) is 0 Å². The van der Waals surface area contributed by atoms with E-state index in [2.05, 4.69) is 21.3 Å². The van der Waals surface area contributed by atoms with E-state index in [9.17, 15) is 48.3 Å². The van der Waals surface area contributed by atoms with E-state index in [4.69, 9.17) is 24.7 Å². The van der Waals surface area contributed by atoms with Crippen molar-refractivity contribution >= 4 is 59.0 Å². The van der Waals surface area contributed by atoms with Crippen LogP contribution in [0.4, 0.5) is 24.1 Å². The third-order valence-electron chi connectivity index (χ3n) is 16.3. The molecular weight excluding hydrogens is 995 g/mol. The van der Waals surface area contributed by atoms with Crippen molar-refractivity contribution in [1.29, 1.82) is 0 Å². The standard InChI is InChI=1S/C54H70F2N6O14/c1-6-11-45-75-41-26-34-35-25-37(55)36-24-33(63)20-21-51(36,4)53(35,56)39(64)27-52(34,5)54(41,76-45)40(65)29-74-50(72)73-28-31-14-16-32(17-15-31)59-47(69)38(12-10-22-58-49(57)71)60-48(70)46(30(2)3)61-42(66)13-8-7-9-23-62-43(67)18-19-44(62)68/h14-21,24,30,34-35,37-39,41,45-46,64H,6-13,22-23,25-29H2,1-5H3,(H,59,69)(H,60,70)(H,61,66)(H3,57,58,71)/t34-,35-,37-,38-,39-,41+,45?,46-,51-,52-,53-,54+/m0/s1. The van der Waals surface area contributed by atoms with Gasteiger partial charge in [-0.1, -0.05) is 58.7 Å². The van der Waals surface area contributed by atoms with Crippen molar-refractivity contribution < 1.29 is 76.0 Å². The summed E-state index contributed by atoms with van der Waals surface area (Å²) in [7, 11) is 0. The highest BCUT2D eigenvalue weighted by Crippen LogP contribution is 2.72. The minimum atomic E-state index is -2.39. The van der Waals surface area contributed by atoms with Crippen molar-refractivity contribution in [1.82, 2.24) is 20.9 Å². The Hall–Kier alpha value is -6.39. The molecule has 4 fully saturated rings. The first-order valence-electron chi connectivity index (χ1n) is 26.2. The van der Waals surface area contributed by atoms with Crippen LogP contribution in [-0.4, -0.2) is 131 Å². The zero-order chi connectivity index (χ0) is 55.3. The summed E-state index contributed by atoms with van der Waals surface area (Å²) in [4.78, 5) is 116. The van der Waals surface area contributed by atoms with E-state index in [1.807, 2.05) is 6.92 Å². The second-order valence-corrected chi connectivity index (χ2v) is 21.5. The number of Topliss-reactive ketones (excluding diaryl/α,β-unsaturated/α-hetero) is 1. The van der Waals surface area contributed by atoms with E-state index in [0.29, 0.717) is 43.4 Å². The molecule has 414 valence electrons. The molecule has 6 aliphatic rings. The minimum Gasteiger partial charge on any atom is -0.429 e. The molecule has 12 atom stereocenters. The number of ketones is 2. The lowest BCUT2D eigenvalue weighted by molar-refractivity contribution is -0.234. The number of fused-ring (bicyclic) bond motifs is 7. The average Bonchev–Trinajstić information content (AvgIpc) is 4.19. The van der Waals surface area contributed by atoms with E-state index in [1.165, 1.54) is 43.4 Å². The fraction of sp³-hybridized carbons (Fsp3) is 0.611. The Balaban J connectivity index is 0.931. The number of amides is 7. The predicted octanol–water partition coefficient (Wildman–Crippen LogP) is 4.62. The Labute approximate surface area is 439 Å². The summed E-state index contributed by atoms with van der Waals surface area (Å²) in [6.45, 7) is 7.79. The summed E-state index contributed by atoms with van der Waals surface area (Å²) in [5.41, 5.74) is -1.17.